The molecule has 8 heteroatoms. The number of para-hydroxylation sites is 1. The predicted octanol–water partition coefficient (Wildman–Crippen LogP) is 2.37. The highest BCUT2D eigenvalue weighted by molar-refractivity contribution is 6.03. The number of halogens is 2. The zero-order valence-electron chi connectivity index (χ0n) is 13.2. The summed E-state index contributed by atoms with van der Waals surface area (Å²) >= 11 is 0. The van der Waals surface area contributed by atoms with Gasteiger partial charge in [0.15, 0.2) is 6.39 Å². The molecule has 25 heavy (non-hydrogen) atoms. The van der Waals surface area contributed by atoms with Gasteiger partial charge in [-0.25, -0.2) is 13.8 Å². The molecule has 2 aliphatic rings. The average molecular weight is 347 g/mol. The van der Waals surface area contributed by atoms with Crippen LogP contribution in [0.4, 0.5) is 14.5 Å². The fraction of sp³-hybridized carbons (Fsp3) is 0.353. The van der Waals surface area contributed by atoms with Gasteiger partial charge in [0.2, 0.25) is 11.7 Å². The lowest BCUT2D eigenvalue weighted by atomic mass is 10.2. The van der Waals surface area contributed by atoms with Crippen LogP contribution in [0.1, 0.15) is 41.4 Å². The molecule has 130 valence electrons. The maximum absolute atomic E-state index is 13.9. The fourth-order valence-electron chi connectivity index (χ4n) is 3.08. The highest BCUT2D eigenvalue weighted by Gasteiger charge is 2.38. The van der Waals surface area contributed by atoms with E-state index in [4.69, 9.17) is 4.42 Å². The number of aromatic nitrogens is 1. The molecule has 1 aromatic heterocycles. The van der Waals surface area contributed by atoms with E-state index in [1.165, 1.54) is 12.5 Å². The van der Waals surface area contributed by atoms with Gasteiger partial charge in [0.1, 0.15) is 23.4 Å². The van der Waals surface area contributed by atoms with E-state index in [1.54, 1.807) is 0 Å². The molecule has 6 nitrogen and oxygen atoms in total. The number of anilines is 1. The number of carbonyl (C=O) groups is 2. The Morgan fingerprint density at radius 1 is 1.24 bits per heavy atom. The zero-order chi connectivity index (χ0) is 17.6. The highest BCUT2D eigenvalue weighted by Crippen LogP contribution is 2.40. The van der Waals surface area contributed by atoms with Crippen molar-refractivity contribution in [2.24, 2.45) is 0 Å². The number of amides is 2. The number of nitrogens with zero attached hydrogens (tertiary/aromatic N) is 2. The van der Waals surface area contributed by atoms with Crippen molar-refractivity contribution in [3.8, 4) is 0 Å². The van der Waals surface area contributed by atoms with E-state index in [-0.39, 0.29) is 30.3 Å². The Kier molecular flexibility index (Phi) is 3.74. The first-order chi connectivity index (χ1) is 12.1. The van der Waals surface area contributed by atoms with Crippen molar-refractivity contribution >= 4 is 17.5 Å². The van der Waals surface area contributed by atoms with Crippen LogP contribution in [0.3, 0.4) is 0 Å². The van der Waals surface area contributed by atoms with Crippen molar-refractivity contribution in [3.05, 3.63) is 47.7 Å². The first-order valence-corrected chi connectivity index (χ1v) is 8.06. The molecule has 0 radical (unpaired) electrons. The van der Waals surface area contributed by atoms with E-state index in [9.17, 15) is 18.4 Å². The quantitative estimate of drug-likeness (QED) is 0.921. The molecule has 1 aromatic carbocycles. The molecule has 2 fully saturated rings. The lowest BCUT2D eigenvalue weighted by molar-refractivity contribution is -0.118. The maximum Gasteiger partial charge on any atom is 0.289 e. The van der Waals surface area contributed by atoms with Gasteiger partial charge in [-0.05, 0) is 31.4 Å². The summed E-state index contributed by atoms with van der Waals surface area (Å²) in [5.74, 6) is -2.38. The van der Waals surface area contributed by atoms with Gasteiger partial charge >= 0.3 is 0 Å². The average Bonchev–Trinajstić information content (AvgIpc) is 3.21. The van der Waals surface area contributed by atoms with E-state index < -0.39 is 29.5 Å². The van der Waals surface area contributed by atoms with Crippen LogP contribution in [0.15, 0.2) is 29.0 Å². The van der Waals surface area contributed by atoms with Crippen molar-refractivity contribution in [2.45, 2.75) is 31.2 Å². The van der Waals surface area contributed by atoms with Crippen LogP contribution in [0, 0.1) is 11.6 Å². The van der Waals surface area contributed by atoms with Gasteiger partial charge in [0.25, 0.3) is 5.91 Å². The molecule has 2 amide bonds. The summed E-state index contributed by atoms with van der Waals surface area (Å²) in [6, 6.07) is 2.56. The minimum Gasteiger partial charge on any atom is -0.438 e. The topological polar surface area (TPSA) is 75.4 Å². The second-order valence-corrected chi connectivity index (χ2v) is 6.22. The maximum atomic E-state index is 13.9. The number of hydrogen-bond acceptors (Lipinski definition) is 4. The first-order valence-electron chi connectivity index (χ1n) is 8.06. The third-order valence-electron chi connectivity index (χ3n) is 4.48. The molecule has 1 aliphatic carbocycles. The number of nitrogens with one attached hydrogen (secondary N) is 1. The van der Waals surface area contributed by atoms with Crippen LogP contribution in [0.2, 0.25) is 0 Å². The Hall–Kier alpha value is -2.77. The zero-order valence-corrected chi connectivity index (χ0v) is 13.2. The van der Waals surface area contributed by atoms with Crippen molar-refractivity contribution in [3.63, 3.8) is 0 Å². The number of carbonyl (C=O) groups excluding carboxylic acids is 2. The normalized spacial score (nSPS) is 20.2. The SMILES string of the molecule is O=C(NC1CCN(c2c(F)cccc2F)C1=O)c1ocnc1C1CC1. The Morgan fingerprint density at radius 2 is 1.96 bits per heavy atom. The number of rotatable bonds is 4. The number of benzene rings is 1. The number of oxazole rings is 1. The van der Waals surface area contributed by atoms with Crippen molar-refractivity contribution in [2.75, 3.05) is 11.4 Å². The summed E-state index contributed by atoms with van der Waals surface area (Å²) in [5.41, 5.74) is 0.211. The summed E-state index contributed by atoms with van der Waals surface area (Å²) in [6.07, 6.45) is 3.37. The summed E-state index contributed by atoms with van der Waals surface area (Å²) < 4.78 is 32.9. The van der Waals surface area contributed by atoms with Gasteiger partial charge in [0.05, 0.1) is 5.69 Å². The Balaban J connectivity index is 1.50. The molecule has 1 unspecified atom stereocenters. The van der Waals surface area contributed by atoms with Crippen LogP contribution < -0.4 is 10.2 Å². The summed E-state index contributed by atoms with van der Waals surface area (Å²) in [5, 5.41) is 2.58. The van der Waals surface area contributed by atoms with Gasteiger partial charge in [0, 0.05) is 12.5 Å². The second kappa shape index (κ2) is 5.94. The van der Waals surface area contributed by atoms with E-state index in [0.717, 1.165) is 29.9 Å². The van der Waals surface area contributed by atoms with Gasteiger partial charge in [-0.3, -0.25) is 9.59 Å². The molecule has 0 bridgehead atoms. The molecule has 2 aromatic rings. The Bertz CT molecular complexity index is 827. The molecule has 0 spiro atoms. The Labute approximate surface area is 141 Å². The van der Waals surface area contributed by atoms with Crippen molar-refractivity contribution < 1.29 is 22.8 Å². The smallest absolute Gasteiger partial charge is 0.289 e. The van der Waals surface area contributed by atoms with Crippen LogP contribution in [-0.2, 0) is 4.79 Å². The number of hydrogen-bond donors (Lipinski definition) is 1. The molecule has 2 heterocycles. The monoisotopic (exact) mass is 347 g/mol. The van der Waals surface area contributed by atoms with E-state index in [0.29, 0.717) is 5.69 Å². The second-order valence-electron chi connectivity index (χ2n) is 6.22. The molecular formula is C17H15F2N3O3. The van der Waals surface area contributed by atoms with Crippen LogP contribution >= 0.6 is 0 Å². The minimum atomic E-state index is -0.858. The lowest BCUT2D eigenvalue weighted by Gasteiger charge is -2.18. The summed E-state index contributed by atoms with van der Waals surface area (Å²) in [7, 11) is 0. The molecule has 1 atom stereocenters. The van der Waals surface area contributed by atoms with E-state index >= 15 is 0 Å². The molecular weight excluding hydrogens is 332 g/mol. The third kappa shape index (κ3) is 2.77. The lowest BCUT2D eigenvalue weighted by Crippen LogP contribution is -2.42. The molecule has 1 saturated heterocycles. The van der Waals surface area contributed by atoms with Gasteiger partial charge in [-0.15, -0.1) is 0 Å². The fourth-order valence-corrected chi connectivity index (χ4v) is 3.08. The summed E-state index contributed by atoms with van der Waals surface area (Å²) in [6.45, 7) is 0.119. The minimum absolute atomic E-state index is 0.103. The van der Waals surface area contributed by atoms with Gasteiger partial charge in [-0.1, -0.05) is 6.07 Å². The molecule has 1 saturated carbocycles. The summed E-state index contributed by atoms with van der Waals surface area (Å²) in [4.78, 5) is 29.9. The van der Waals surface area contributed by atoms with Gasteiger partial charge in [-0.2, -0.15) is 0 Å². The standard InChI is InChI=1S/C17H15F2N3O3/c18-10-2-1-3-11(19)14(10)22-7-6-12(17(22)24)21-16(23)15-13(9-4-5-9)20-8-25-15/h1-3,8-9,12H,4-7H2,(H,21,23). The van der Waals surface area contributed by atoms with E-state index in [2.05, 4.69) is 10.3 Å². The van der Waals surface area contributed by atoms with Crippen LogP contribution in [0.25, 0.3) is 0 Å². The molecule has 1 N–H and O–H groups in total. The highest BCUT2D eigenvalue weighted by atomic mass is 19.1. The van der Waals surface area contributed by atoms with Gasteiger partial charge < -0.3 is 14.6 Å². The van der Waals surface area contributed by atoms with Crippen molar-refractivity contribution in [1.29, 1.82) is 0 Å². The molecule has 1 aliphatic heterocycles. The first kappa shape index (κ1) is 15.7. The van der Waals surface area contributed by atoms with Crippen LogP contribution in [0.5, 0.6) is 0 Å². The largest absolute Gasteiger partial charge is 0.438 e. The molecule has 4 rings (SSSR count). The van der Waals surface area contributed by atoms with E-state index in [1.807, 2.05) is 0 Å². The predicted molar refractivity (Wildman–Crippen MR) is 83.1 cm³/mol. The van der Waals surface area contributed by atoms with Crippen LogP contribution in [-0.4, -0.2) is 29.4 Å². The van der Waals surface area contributed by atoms with Crippen molar-refractivity contribution in [1.82, 2.24) is 10.3 Å². The Morgan fingerprint density at radius 3 is 2.64 bits per heavy atom. The third-order valence-corrected chi connectivity index (χ3v) is 4.48.